The number of amides is 3. The smallest absolute Gasteiger partial charge is 0.273 e. The van der Waals surface area contributed by atoms with Crippen LogP contribution in [0, 0.1) is 5.92 Å². The molecule has 314 valence electrons. The number of ether oxygens (including phenoxy) is 1. The van der Waals surface area contributed by atoms with Crippen LogP contribution in [0.1, 0.15) is 64.2 Å². The molecule has 2 aliphatic carbocycles. The highest BCUT2D eigenvalue weighted by Crippen LogP contribution is 2.46. The third-order valence-corrected chi connectivity index (χ3v) is 16.6. The molecule has 12 nitrogen and oxygen atoms in total. The molecule has 3 aromatic heterocycles. The Bertz CT molecular complexity index is 2750. The number of para-hydroxylation sites is 2. The van der Waals surface area contributed by atoms with Gasteiger partial charge in [-0.15, -0.1) is 22.7 Å². The standard InChI is InChI=1S/C46H46N6O6S3/c53-42-36-25-32(58-43-41(48-33-18-8-9-19-34(33)49-43)39-23-28-13-6-10-21-37(28)59-39)27-52(36)44(54)35(47-31-16-12-17-31)20-5-3-1-2-4-15-30-26-46(30,50-42)45(55)51-61(56,57)40-24-29-14-7-11-22-38(29)60-40/h4,6-11,13-15,18-19,21-24,30-32,35-36,47H,1-3,5,12,16-17,20,25-27H2,(H,50,53)(H,51,55)/b15-4-/t30?,32-,35+,36+,46-/m1/s1. The van der Waals surface area contributed by atoms with Crippen LogP contribution < -0.4 is 20.1 Å². The van der Waals surface area contributed by atoms with Gasteiger partial charge in [0.05, 0.1) is 28.5 Å². The van der Waals surface area contributed by atoms with Crippen molar-refractivity contribution >= 4 is 81.6 Å². The lowest BCUT2D eigenvalue weighted by molar-refractivity contribution is -0.141. The van der Waals surface area contributed by atoms with Crippen molar-refractivity contribution in [2.45, 2.75) is 98.2 Å². The highest BCUT2D eigenvalue weighted by molar-refractivity contribution is 7.92. The fraction of sp³-hybridized carbons (Fsp3) is 0.370. The third-order valence-electron chi connectivity index (χ3n) is 12.6. The lowest BCUT2D eigenvalue weighted by Crippen LogP contribution is -2.58. The number of fused-ring (bicyclic) bond motifs is 5. The number of nitrogens with zero attached hydrogens (tertiary/aromatic N) is 3. The van der Waals surface area contributed by atoms with E-state index in [1.807, 2.05) is 72.8 Å². The van der Waals surface area contributed by atoms with Gasteiger partial charge in [-0.2, -0.15) is 0 Å². The summed E-state index contributed by atoms with van der Waals surface area (Å²) in [6, 6.07) is 25.4. The van der Waals surface area contributed by atoms with Crippen LogP contribution in [0.15, 0.2) is 101 Å². The minimum absolute atomic E-state index is 0.0130. The highest BCUT2D eigenvalue weighted by Gasteiger charge is 2.62. The number of aromatic nitrogens is 2. The average molecular weight is 875 g/mol. The van der Waals surface area contributed by atoms with Gasteiger partial charge < -0.3 is 20.3 Å². The summed E-state index contributed by atoms with van der Waals surface area (Å²) in [6.07, 6.45) is 10.8. The van der Waals surface area contributed by atoms with Gasteiger partial charge in [0.1, 0.15) is 27.6 Å². The average Bonchev–Trinajstić information content (AvgIpc) is 3.60. The number of sulfonamides is 1. The van der Waals surface area contributed by atoms with E-state index in [0.29, 0.717) is 29.0 Å². The summed E-state index contributed by atoms with van der Waals surface area (Å²) in [6.45, 7) is 0.114. The van der Waals surface area contributed by atoms with E-state index in [1.165, 1.54) is 0 Å². The number of carbonyl (C=O) groups is 3. The van der Waals surface area contributed by atoms with Gasteiger partial charge in [-0.05, 0) is 85.7 Å². The van der Waals surface area contributed by atoms with E-state index in [0.717, 1.165) is 81.3 Å². The second-order valence-electron chi connectivity index (χ2n) is 16.7. The molecule has 0 bridgehead atoms. The first kappa shape index (κ1) is 39.9. The summed E-state index contributed by atoms with van der Waals surface area (Å²) in [7, 11) is -4.26. The number of rotatable bonds is 8. The maximum Gasteiger partial charge on any atom is 0.273 e. The molecule has 10 rings (SSSR count). The van der Waals surface area contributed by atoms with Gasteiger partial charge in [0.15, 0.2) is 0 Å². The van der Waals surface area contributed by atoms with Gasteiger partial charge in [-0.1, -0.05) is 79.9 Å². The Labute approximate surface area is 361 Å². The monoisotopic (exact) mass is 874 g/mol. The van der Waals surface area contributed by atoms with Crippen LogP contribution in [0.4, 0.5) is 0 Å². The van der Waals surface area contributed by atoms with Crippen LogP contribution in [0.25, 0.3) is 41.8 Å². The van der Waals surface area contributed by atoms with Gasteiger partial charge >= 0.3 is 0 Å². The predicted molar refractivity (Wildman–Crippen MR) is 238 cm³/mol. The van der Waals surface area contributed by atoms with E-state index in [9.17, 15) is 22.8 Å². The second kappa shape index (κ2) is 16.2. The first-order valence-corrected chi connectivity index (χ1v) is 24.3. The lowest BCUT2D eigenvalue weighted by atomic mass is 9.91. The van der Waals surface area contributed by atoms with Crippen LogP contribution in [0.2, 0.25) is 0 Å². The van der Waals surface area contributed by atoms with E-state index in [2.05, 4.69) is 33.6 Å². The van der Waals surface area contributed by atoms with Crippen molar-refractivity contribution in [2.24, 2.45) is 5.92 Å². The normalized spacial score (nSPS) is 25.5. The zero-order chi connectivity index (χ0) is 41.7. The fourth-order valence-corrected chi connectivity index (χ4v) is 12.4. The molecule has 6 aromatic rings. The van der Waals surface area contributed by atoms with Crippen molar-refractivity contribution in [1.29, 1.82) is 0 Å². The van der Waals surface area contributed by atoms with E-state index in [-0.39, 0.29) is 35.5 Å². The van der Waals surface area contributed by atoms with E-state index in [4.69, 9.17) is 14.7 Å². The van der Waals surface area contributed by atoms with Gasteiger partial charge in [0.25, 0.3) is 15.9 Å². The Morgan fingerprint density at radius 3 is 2.31 bits per heavy atom. The summed E-state index contributed by atoms with van der Waals surface area (Å²) >= 11 is 2.67. The summed E-state index contributed by atoms with van der Waals surface area (Å²) in [5.74, 6) is -1.63. The maximum absolute atomic E-state index is 14.8. The summed E-state index contributed by atoms with van der Waals surface area (Å²) < 4.78 is 38.4. The molecule has 4 aliphatic rings. The first-order chi connectivity index (χ1) is 29.6. The number of hydrogen-bond acceptors (Lipinski definition) is 11. The number of thiophene rings is 2. The first-order valence-electron chi connectivity index (χ1n) is 21.2. The number of hydrogen-bond donors (Lipinski definition) is 3. The van der Waals surface area contributed by atoms with E-state index in [1.54, 1.807) is 22.3 Å². The van der Waals surface area contributed by atoms with Gasteiger partial charge in [-0.25, -0.2) is 23.1 Å². The van der Waals surface area contributed by atoms with Crippen LogP contribution >= 0.6 is 22.7 Å². The largest absolute Gasteiger partial charge is 0.471 e. The molecule has 2 saturated carbocycles. The van der Waals surface area contributed by atoms with Crippen LogP contribution in [0.3, 0.4) is 0 Å². The molecule has 3 fully saturated rings. The van der Waals surface area contributed by atoms with Gasteiger partial charge in [-0.3, -0.25) is 14.4 Å². The Morgan fingerprint density at radius 2 is 1.57 bits per heavy atom. The third kappa shape index (κ3) is 7.92. The Kier molecular flexibility index (Phi) is 10.6. The van der Waals surface area contributed by atoms with Crippen LogP contribution in [-0.4, -0.2) is 77.3 Å². The van der Waals surface area contributed by atoms with Crippen molar-refractivity contribution in [3.8, 4) is 16.5 Å². The van der Waals surface area contributed by atoms with E-state index >= 15 is 0 Å². The molecule has 61 heavy (non-hydrogen) atoms. The number of carbonyl (C=O) groups excluding carboxylic acids is 3. The highest BCUT2D eigenvalue weighted by atomic mass is 32.2. The molecular formula is C46H46N6O6S3. The number of allylic oxidation sites excluding steroid dienone is 1. The number of benzene rings is 3. The lowest BCUT2D eigenvalue weighted by Gasteiger charge is -2.34. The molecule has 3 aromatic carbocycles. The molecular weight excluding hydrogens is 829 g/mol. The van der Waals surface area contributed by atoms with Crippen molar-refractivity contribution in [1.82, 2.24) is 30.2 Å². The Hall–Kier alpha value is -5.22. The Balaban J connectivity index is 0.975. The maximum atomic E-state index is 14.8. The molecule has 3 amide bonds. The summed E-state index contributed by atoms with van der Waals surface area (Å²) in [5, 5.41) is 8.46. The quantitative estimate of drug-likeness (QED) is 0.132. The molecule has 0 radical (unpaired) electrons. The minimum atomic E-state index is -4.26. The van der Waals surface area contributed by atoms with Gasteiger partial charge in [0.2, 0.25) is 17.7 Å². The summed E-state index contributed by atoms with van der Waals surface area (Å²) in [5.41, 5.74) is 0.423. The van der Waals surface area contributed by atoms with Crippen LogP contribution in [0.5, 0.6) is 5.88 Å². The second-order valence-corrected chi connectivity index (χ2v) is 20.8. The predicted octanol–water partition coefficient (Wildman–Crippen LogP) is 7.49. The molecule has 1 unspecified atom stereocenters. The number of nitrogens with one attached hydrogen (secondary N) is 3. The van der Waals surface area contributed by atoms with Crippen molar-refractivity contribution in [3.63, 3.8) is 0 Å². The van der Waals surface area contributed by atoms with Crippen molar-refractivity contribution in [3.05, 3.63) is 97.1 Å². The Morgan fingerprint density at radius 1 is 0.852 bits per heavy atom. The fourth-order valence-electron chi connectivity index (χ4n) is 8.88. The van der Waals surface area contributed by atoms with Gasteiger partial charge in [0, 0.05) is 27.8 Å². The molecule has 3 N–H and O–H groups in total. The molecule has 1 saturated heterocycles. The van der Waals surface area contributed by atoms with E-state index < -0.39 is 51.5 Å². The molecule has 5 atom stereocenters. The topological polar surface area (TPSA) is 160 Å². The molecule has 0 spiro atoms. The van der Waals surface area contributed by atoms with Crippen LogP contribution in [-0.2, 0) is 24.4 Å². The zero-order valence-corrected chi connectivity index (χ0v) is 35.9. The SMILES string of the molecule is O=C1N[C@]2(C(=O)NS(=O)(=O)c3cc4ccccc4s3)CC2/C=C\CCCCC[C@H](NC2CCC2)C(=O)N2C[C@H](Oc3nc4ccccc4nc3-c3cc4ccccc4s3)C[C@@H]12. The summed E-state index contributed by atoms with van der Waals surface area (Å²) in [4.78, 5) is 56.3. The minimum Gasteiger partial charge on any atom is -0.471 e. The zero-order valence-electron chi connectivity index (χ0n) is 33.4. The molecule has 2 aliphatic heterocycles. The molecule has 15 heteroatoms. The van der Waals surface area contributed by atoms with Crippen molar-refractivity contribution < 1.29 is 27.5 Å². The molecule has 5 heterocycles. The van der Waals surface area contributed by atoms with Crippen molar-refractivity contribution in [2.75, 3.05) is 6.54 Å².